The Labute approximate surface area is 87.8 Å². The van der Waals surface area contributed by atoms with Crippen molar-refractivity contribution in [3.05, 3.63) is 11.9 Å². The highest BCUT2D eigenvalue weighted by Gasteiger charge is 2.10. The third-order valence-corrected chi connectivity index (χ3v) is 2.43. The standard InChI is InChI=1S/C9H14N4O2/c14-8-9-7-13(11-10-9)2-1-12-3-5-15-6-4-12/h7-8H,1-6H2. The first-order valence-electron chi connectivity index (χ1n) is 5.04. The number of morpholine rings is 1. The van der Waals surface area contributed by atoms with Crippen LogP contribution in [0.5, 0.6) is 0 Å². The van der Waals surface area contributed by atoms with E-state index >= 15 is 0 Å². The summed E-state index contributed by atoms with van der Waals surface area (Å²) in [6.07, 6.45) is 2.37. The molecule has 6 nitrogen and oxygen atoms in total. The Hall–Kier alpha value is -1.27. The predicted molar refractivity (Wildman–Crippen MR) is 52.7 cm³/mol. The first-order valence-corrected chi connectivity index (χ1v) is 5.04. The van der Waals surface area contributed by atoms with Gasteiger partial charge in [-0.25, -0.2) is 0 Å². The van der Waals surface area contributed by atoms with Gasteiger partial charge in [-0.2, -0.15) is 0 Å². The summed E-state index contributed by atoms with van der Waals surface area (Å²) in [7, 11) is 0. The first-order chi connectivity index (χ1) is 7.38. The molecule has 0 unspecified atom stereocenters. The summed E-state index contributed by atoms with van der Waals surface area (Å²) < 4.78 is 6.94. The van der Waals surface area contributed by atoms with Crippen LogP contribution < -0.4 is 0 Å². The van der Waals surface area contributed by atoms with Crippen molar-refractivity contribution < 1.29 is 9.53 Å². The molecule has 1 aromatic heterocycles. The van der Waals surface area contributed by atoms with Gasteiger partial charge in [0.1, 0.15) is 5.69 Å². The molecule has 1 aromatic rings. The lowest BCUT2D eigenvalue weighted by atomic mass is 10.4. The summed E-state index contributed by atoms with van der Waals surface area (Å²) in [5, 5.41) is 7.55. The molecule has 1 saturated heterocycles. The highest BCUT2D eigenvalue weighted by atomic mass is 16.5. The van der Waals surface area contributed by atoms with Crippen molar-refractivity contribution >= 4 is 6.29 Å². The van der Waals surface area contributed by atoms with Crippen LogP contribution in [0.15, 0.2) is 6.20 Å². The largest absolute Gasteiger partial charge is 0.379 e. The number of hydrogen-bond donors (Lipinski definition) is 0. The van der Waals surface area contributed by atoms with E-state index in [0.717, 1.165) is 39.4 Å². The van der Waals surface area contributed by atoms with Crippen LogP contribution in [0.1, 0.15) is 10.5 Å². The van der Waals surface area contributed by atoms with Crippen molar-refractivity contribution in [3.8, 4) is 0 Å². The van der Waals surface area contributed by atoms with E-state index in [1.54, 1.807) is 10.9 Å². The number of aromatic nitrogens is 3. The van der Waals surface area contributed by atoms with Crippen LogP contribution in [0, 0.1) is 0 Å². The Bertz CT molecular complexity index is 320. The molecule has 15 heavy (non-hydrogen) atoms. The maximum absolute atomic E-state index is 10.4. The van der Waals surface area contributed by atoms with Gasteiger partial charge in [0.05, 0.1) is 26.0 Å². The molecule has 2 rings (SSSR count). The molecular formula is C9H14N4O2. The Kier molecular flexibility index (Phi) is 3.41. The normalized spacial score (nSPS) is 17.9. The number of carbonyl (C=O) groups excluding carboxylic acids is 1. The van der Waals surface area contributed by atoms with Crippen LogP contribution >= 0.6 is 0 Å². The van der Waals surface area contributed by atoms with Crippen molar-refractivity contribution in [2.75, 3.05) is 32.8 Å². The molecule has 0 radical (unpaired) electrons. The average molecular weight is 210 g/mol. The molecule has 0 atom stereocenters. The predicted octanol–water partition coefficient (Wildman–Crippen LogP) is -0.577. The van der Waals surface area contributed by atoms with Gasteiger partial charge >= 0.3 is 0 Å². The molecule has 0 N–H and O–H groups in total. The molecule has 2 heterocycles. The lowest BCUT2D eigenvalue weighted by Crippen LogP contribution is -2.38. The SMILES string of the molecule is O=Cc1cn(CCN2CCOCC2)nn1. The second kappa shape index (κ2) is 4.99. The summed E-state index contributed by atoms with van der Waals surface area (Å²) in [5.74, 6) is 0. The zero-order valence-corrected chi connectivity index (χ0v) is 8.50. The number of carbonyl (C=O) groups is 1. The van der Waals surface area contributed by atoms with Crippen LogP contribution in [0.2, 0.25) is 0 Å². The zero-order chi connectivity index (χ0) is 10.5. The molecule has 0 aromatic carbocycles. The van der Waals surface area contributed by atoms with Crippen LogP contribution in [0.3, 0.4) is 0 Å². The summed E-state index contributed by atoms with van der Waals surface area (Å²) in [6, 6.07) is 0. The Morgan fingerprint density at radius 3 is 2.87 bits per heavy atom. The smallest absolute Gasteiger partial charge is 0.171 e. The van der Waals surface area contributed by atoms with E-state index < -0.39 is 0 Å². The molecule has 6 heteroatoms. The summed E-state index contributed by atoms with van der Waals surface area (Å²) in [6.45, 7) is 5.23. The molecule has 82 valence electrons. The number of aldehydes is 1. The van der Waals surface area contributed by atoms with E-state index in [0.29, 0.717) is 12.0 Å². The molecule has 1 aliphatic rings. The highest BCUT2D eigenvalue weighted by Crippen LogP contribution is 1.97. The number of rotatable bonds is 4. The second-order valence-corrected chi connectivity index (χ2v) is 3.48. The quantitative estimate of drug-likeness (QED) is 0.622. The first kappa shape index (κ1) is 10.3. The van der Waals surface area contributed by atoms with Crippen LogP contribution in [0.4, 0.5) is 0 Å². The zero-order valence-electron chi connectivity index (χ0n) is 8.50. The maximum atomic E-state index is 10.4. The van der Waals surface area contributed by atoms with Gasteiger partial charge in [-0.1, -0.05) is 5.21 Å². The highest BCUT2D eigenvalue weighted by molar-refractivity contribution is 5.70. The molecule has 1 aliphatic heterocycles. The minimum atomic E-state index is 0.386. The number of hydrogen-bond acceptors (Lipinski definition) is 5. The fraction of sp³-hybridized carbons (Fsp3) is 0.667. The van der Waals surface area contributed by atoms with E-state index in [1.807, 2.05) is 0 Å². The molecule has 0 spiro atoms. The lowest BCUT2D eigenvalue weighted by molar-refractivity contribution is 0.0359. The number of ether oxygens (including phenoxy) is 1. The molecule has 0 bridgehead atoms. The second-order valence-electron chi connectivity index (χ2n) is 3.48. The third-order valence-electron chi connectivity index (χ3n) is 2.43. The van der Waals surface area contributed by atoms with E-state index in [2.05, 4.69) is 15.2 Å². The van der Waals surface area contributed by atoms with E-state index in [-0.39, 0.29) is 0 Å². The average Bonchev–Trinajstić information content (AvgIpc) is 2.76. The van der Waals surface area contributed by atoms with E-state index in [9.17, 15) is 4.79 Å². The molecular weight excluding hydrogens is 196 g/mol. The molecule has 0 saturated carbocycles. The van der Waals surface area contributed by atoms with E-state index in [4.69, 9.17) is 4.74 Å². The summed E-state index contributed by atoms with van der Waals surface area (Å²) >= 11 is 0. The monoisotopic (exact) mass is 210 g/mol. The summed E-state index contributed by atoms with van der Waals surface area (Å²) in [4.78, 5) is 12.7. The van der Waals surface area contributed by atoms with Crippen molar-refractivity contribution in [1.29, 1.82) is 0 Å². The van der Waals surface area contributed by atoms with Crippen molar-refractivity contribution in [2.45, 2.75) is 6.54 Å². The van der Waals surface area contributed by atoms with Gasteiger partial charge in [-0.15, -0.1) is 5.10 Å². The fourth-order valence-electron chi connectivity index (χ4n) is 1.55. The third kappa shape index (κ3) is 2.84. The Morgan fingerprint density at radius 1 is 1.40 bits per heavy atom. The van der Waals surface area contributed by atoms with E-state index in [1.165, 1.54) is 0 Å². The van der Waals surface area contributed by atoms with Crippen LogP contribution in [0.25, 0.3) is 0 Å². The maximum Gasteiger partial charge on any atom is 0.171 e. The van der Waals surface area contributed by atoms with Gasteiger partial charge in [0.2, 0.25) is 0 Å². The van der Waals surface area contributed by atoms with Crippen LogP contribution in [-0.4, -0.2) is 59.0 Å². The van der Waals surface area contributed by atoms with Gasteiger partial charge in [0, 0.05) is 19.6 Å². The lowest BCUT2D eigenvalue weighted by Gasteiger charge is -2.26. The Balaban J connectivity index is 1.79. The molecule has 1 fully saturated rings. The van der Waals surface area contributed by atoms with Crippen molar-refractivity contribution in [2.24, 2.45) is 0 Å². The van der Waals surface area contributed by atoms with Gasteiger partial charge in [0.25, 0.3) is 0 Å². The van der Waals surface area contributed by atoms with Crippen LogP contribution in [-0.2, 0) is 11.3 Å². The van der Waals surface area contributed by atoms with Gasteiger partial charge < -0.3 is 4.74 Å². The molecule has 0 aliphatic carbocycles. The number of nitrogens with zero attached hydrogens (tertiary/aromatic N) is 4. The minimum absolute atomic E-state index is 0.386. The minimum Gasteiger partial charge on any atom is -0.379 e. The summed E-state index contributed by atoms with van der Waals surface area (Å²) in [5.41, 5.74) is 0.386. The topological polar surface area (TPSA) is 60.2 Å². The van der Waals surface area contributed by atoms with Gasteiger partial charge in [0.15, 0.2) is 6.29 Å². The van der Waals surface area contributed by atoms with Crippen molar-refractivity contribution in [3.63, 3.8) is 0 Å². The Morgan fingerprint density at radius 2 is 2.20 bits per heavy atom. The van der Waals surface area contributed by atoms with Gasteiger partial charge in [-0.05, 0) is 0 Å². The fourth-order valence-corrected chi connectivity index (χ4v) is 1.55. The van der Waals surface area contributed by atoms with Crippen molar-refractivity contribution in [1.82, 2.24) is 19.9 Å². The molecule has 0 amide bonds. The van der Waals surface area contributed by atoms with Gasteiger partial charge in [-0.3, -0.25) is 14.4 Å².